The van der Waals surface area contributed by atoms with Gasteiger partial charge in [-0.1, -0.05) is 17.7 Å². The molecule has 0 unspecified atom stereocenters. The summed E-state index contributed by atoms with van der Waals surface area (Å²) in [5, 5.41) is 7.64. The predicted molar refractivity (Wildman–Crippen MR) is 142 cm³/mol. The lowest BCUT2D eigenvalue weighted by atomic mass is 10.0. The molecule has 0 bridgehead atoms. The number of fused-ring (bicyclic) bond motifs is 1. The van der Waals surface area contributed by atoms with E-state index < -0.39 is 21.6 Å². The van der Waals surface area contributed by atoms with Gasteiger partial charge in [-0.05, 0) is 29.8 Å². The number of nitrogens with zero attached hydrogens (tertiary/aromatic N) is 5. The lowest BCUT2D eigenvalue weighted by Crippen LogP contribution is -2.41. The van der Waals surface area contributed by atoms with Gasteiger partial charge in [0.05, 0.1) is 19.9 Å². The molecule has 1 aliphatic rings. The van der Waals surface area contributed by atoms with Crippen molar-refractivity contribution >= 4 is 27.6 Å². The second-order valence-electron chi connectivity index (χ2n) is 8.50. The van der Waals surface area contributed by atoms with Crippen molar-refractivity contribution in [1.29, 1.82) is 0 Å². The van der Waals surface area contributed by atoms with E-state index in [0.29, 0.717) is 16.8 Å². The van der Waals surface area contributed by atoms with Crippen LogP contribution >= 0.6 is 11.6 Å². The molecule has 4 aromatic rings. The number of ether oxygens (including phenoxy) is 2. The van der Waals surface area contributed by atoms with Crippen LogP contribution in [0.15, 0.2) is 59.7 Å². The zero-order valence-corrected chi connectivity index (χ0v) is 22.3. The fraction of sp³-hybridized carbons (Fsp3) is 0.200. The van der Waals surface area contributed by atoms with E-state index in [4.69, 9.17) is 21.1 Å². The zero-order chi connectivity index (χ0) is 27.7. The first kappa shape index (κ1) is 26.5. The topological polar surface area (TPSA) is 129 Å². The minimum Gasteiger partial charge on any atom is -0.495 e. The van der Waals surface area contributed by atoms with E-state index in [1.54, 1.807) is 12.1 Å². The largest absolute Gasteiger partial charge is 0.495 e. The van der Waals surface area contributed by atoms with Crippen molar-refractivity contribution in [3.05, 3.63) is 87.3 Å². The Bertz CT molecular complexity index is 1720. The molecule has 0 saturated heterocycles. The number of pyridine rings is 2. The second-order valence-corrected chi connectivity index (χ2v) is 10.6. The van der Waals surface area contributed by atoms with Crippen LogP contribution in [0, 0.1) is 5.82 Å². The highest BCUT2D eigenvalue weighted by molar-refractivity contribution is 7.90. The van der Waals surface area contributed by atoms with E-state index in [-0.39, 0.29) is 53.2 Å². The fourth-order valence-electron chi connectivity index (χ4n) is 4.38. The highest BCUT2D eigenvalue weighted by Crippen LogP contribution is 2.35. The molecule has 1 aliphatic heterocycles. The molecule has 0 aliphatic carbocycles. The van der Waals surface area contributed by atoms with E-state index in [2.05, 4.69) is 19.9 Å². The molecule has 0 fully saturated rings. The molecular formula is C25H22ClFN6O5S. The van der Waals surface area contributed by atoms with Gasteiger partial charge in [0.25, 0.3) is 5.56 Å². The maximum atomic E-state index is 15.5. The van der Waals surface area contributed by atoms with Crippen LogP contribution in [0.4, 0.5) is 10.2 Å². The molecule has 14 heteroatoms. The Morgan fingerprint density at radius 3 is 2.64 bits per heavy atom. The van der Waals surface area contributed by atoms with Crippen molar-refractivity contribution in [2.75, 3.05) is 25.5 Å². The smallest absolute Gasteiger partial charge is 0.303 e. The summed E-state index contributed by atoms with van der Waals surface area (Å²) in [6, 6.07) is 10.1. The van der Waals surface area contributed by atoms with Crippen molar-refractivity contribution < 1.29 is 22.3 Å². The highest BCUT2D eigenvalue weighted by atomic mass is 35.5. The first-order chi connectivity index (χ1) is 18.7. The van der Waals surface area contributed by atoms with E-state index in [1.807, 2.05) is 0 Å². The minimum atomic E-state index is -3.95. The Morgan fingerprint density at radius 2 is 1.95 bits per heavy atom. The number of halogens is 2. The summed E-state index contributed by atoms with van der Waals surface area (Å²) < 4.78 is 57.0. The normalized spacial score (nSPS) is 13.5. The highest BCUT2D eigenvalue weighted by Gasteiger charge is 2.30. The number of rotatable bonds is 7. The third kappa shape index (κ3) is 5.15. The van der Waals surface area contributed by atoms with E-state index in [0.717, 1.165) is 0 Å². The van der Waals surface area contributed by atoms with Gasteiger partial charge < -0.3 is 9.47 Å². The lowest BCUT2D eigenvalue weighted by Gasteiger charge is -2.30. The van der Waals surface area contributed by atoms with Gasteiger partial charge in [0, 0.05) is 60.9 Å². The number of hydrogen-bond donors (Lipinski definition) is 1. The monoisotopic (exact) mass is 572 g/mol. The SMILES string of the molecule is COc1cc(-c2cnc(OC)c(Cl)c2)c(F)cc1-n1c2c(ccc1=O)CN(S(=O)(=O)Nc1cccnn1)CC2. The summed E-state index contributed by atoms with van der Waals surface area (Å²) in [7, 11) is -1.11. The summed E-state index contributed by atoms with van der Waals surface area (Å²) in [5.41, 5.74) is 1.46. The molecule has 0 atom stereocenters. The second kappa shape index (κ2) is 10.6. The Hall–Kier alpha value is -4.07. The van der Waals surface area contributed by atoms with Crippen LogP contribution in [0.5, 0.6) is 11.6 Å². The van der Waals surface area contributed by atoms with Gasteiger partial charge in [0.15, 0.2) is 5.82 Å². The van der Waals surface area contributed by atoms with Gasteiger partial charge in [-0.15, -0.1) is 5.10 Å². The number of anilines is 1. The van der Waals surface area contributed by atoms with Gasteiger partial charge in [0.2, 0.25) is 5.88 Å². The summed E-state index contributed by atoms with van der Waals surface area (Å²) in [6.45, 7) is 0.0645. The summed E-state index contributed by atoms with van der Waals surface area (Å²) in [6.07, 6.45) is 3.04. The number of aromatic nitrogens is 4. The van der Waals surface area contributed by atoms with Crippen molar-refractivity contribution in [1.82, 2.24) is 24.1 Å². The van der Waals surface area contributed by atoms with Crippen LogP contribution in [-0.4, -0.2) is 53.2 Å². The van der Waals surface area contributed by atoms with Gasteiger partial charge in [-0.25, -0.2) is 9.37 Å². The maximum absolute atomic E-state index is 15.5. The molecule has 0 amide bonds. The van der Waals surface area contributed by atoms with Crippen LogP contribution in [0.2, 0.25) is 5.02 Å². The molecule has 5 rings (SSSR count). The molecule has 0 saturated carbocycles. The molecule has 202 valence electrons. The predicted octanol–water partition coefficient (Wildman–Crippen LogP) is 3.21. The summed E-state index contributed by atoms with van der Waals surface area (Å²) in [5.74, 6) is -0.114. The molecule has 0 radical (unpaired) electrons. The molecule has 4 heterocycles. The molecule has 0 spiro atoms. The third-order valence-corrected chi connectivity index (χ3v) is 7.93. The minimum absolute atomic E-state index is 0.00981. The van der Waals surface area contributed by atoms with E-state index >= 15 is 4.39 Å². The van der Waals surface area contributed by atoms with Crippen LogP contribution in [0.3, 0.4) is 0 Å². The van der Waals surface area contributed by atoms with Crippen LogP contribution in [0.1, 0.15) is 11.3 Å². The first-order valence-corrected chi connectivity index (χ1v) is 13.4. The van der Waals surface area contributed by atoms with Crippen molar-refractivity contribution in [3.63, 3.8) is 0 Å². The van der Waals surface area contributed by atoms with Crippen LogP contribution in [-0.2, 0) is 23.2 Å². The number of nitrogens with one attached hydrogen (secondary N) is 1. The summed E-state index contributed by atoms with van der Waals surface area (Å²) >= 11 is 6.18. The standard InChI is InChI=1S/C25H22ClFN6O5S/c1-37-22-11-17(16-10-18(26)25(38-2)28-13-16)19(27)12-21(22)33-20-7-9-32(14-15(20)5-6-24(33)34)39(35,36)31-23-4-3-8-29-30-23/h3-6,8,10-13H,7,9,14H2,1-2H3,(H,30,31). The molecule has 1 N–H and O–H groups in total. The molecule has 1 aromatic carbocycles. The Labute approximate surface area is 228 Å². The Kier molecular flexibility index (Phi) is 7.21. The molecule has 11 nitrogen and oxygen atoms in total. The average molecular weight is 573 g/mol. The zero-order valence-electron chi connectivity index (χ0n) is 20.8. The first-order valence-electron chi connectivity index (χ1n) is 11.6. The average Bonchev–Trinajstić information content (AvgIpc) is 2.93. The Morgan fingerprint density at radius 1 is 1.13 bits per heavy atom. The van der Waals surface area contributed by atoms with Crippen molar-refractivity contribution in [2.24, 2.45) is 0 Å². The lowest BCUT2D eigenvalue weighted by molar-refractivity contribution is 0.385. The van der Waals surface area contributed by atoms with E-state index in [1.165, 1.54) is 65.8 Å². The fourth-order valence-corrected chi connectivity index (χ4v) is 5.77. The van der Waals surface area contributed by atoms with Crippen molar-refractivity contribution in [2.45, 2.75) is 13.0 Å². The third-order valence-electron chi connectivity index (χ3n) is 6.20. The van der Waals surface area contributed by atoms with Crippen LogP contribution in [0.25, 0.3) is 16.8 Å². The van der Waals surface area contributed by atoms with Crippen molar-refractivity contribution in [3.8, 4) is 28.4 Å². The van der Waals surface area contributed by atoms with Gasteiger partial charge in [0.1, 0.15) is 16.6 Å². The van der Waals surface area contributed by atoms with Gasteiger partial charge >= 0.3 is 10.2 Å². The molecule has 3 aromatic heterocycles. The van der Waals surface area contributed by atoms with Gasteiger partial charge in [-0.2, -0.15) is 17.8 Å². The molecular weight excluding hydrogens is 551 g/mol. The number of hydrogen-bond acceptors (Lipinski definition) is 8. The molecule has 39 heavy (non-hydrogen) atoms. The van der Waals surface area contributed by atoms with Crippen LogP contribution < -0.4 is 19.8 Å². The number of methoxy groups -OCH3 is 2. The van der Waals surface area contributed by atoms with Gasteiger partial charge in [-0.3, -0.25) is 14.1 Å². The quantitative estimate of drug-likeness (QED) is 0.357. The summed E-state index contributed by atoms with van der Waals surface area (Å²) in [4.78, 5) is 17.1. The van der Waals surface area contributed by atoms with E-state index in [9.17, 15) is 13.2 Å². The number of benzene rings is 1. The Balaban J connectivity index is 1.52. The maximum Gasteiger partial charge on any atom is 0.303 e.